The number of nitrogens with zero attached hydrogens (tertiary/aromatic N) is 1. The molecule has 1 heterocycles. The Hall–Kier alpha value is -1.27. The zero-order valence-electron chi connectivity index (χ0n) is 10.5. The smallest absolute Gasteiger partial charge is 0.263 e. The summed E-state index contributed by atoms with van der Waals surface area (Å²) in [5, 5.41) is 6.93. The lowest BCUT2D eigenvalue weighted by atomic mass is 10.3. The number of hydrogen-bond acceptors (Lipinski definition) is 5. The summed E-state index contributed by atoms with van der Waals surface area (Å²) in [6, 6.07) is 1.81. The Morgan fingerprint density at radius 2 is 2.24 bits per heavy atom. The highest BCUT2D eigenvalue weighted by atomic mass is 32.1. The van der Waals surface area contributed by atoms with Crippen LogP contribution >= 0.6 is 11.3 Å². The van der Waals surface area contributed by atoms with E-state index in [0.29, 0.717) is 17.1 Å². The van der Waals surface area contributed by atoms with Gasteiger partial charge in [0.2, 0.25) is 0 Å². The third-order valence-corrected chi connectivity index (χ3v) is 3.27. The normalized spacial score (nSPS) is 10.6. The van der Waals surface area contributed by atoms with Crippen molar-refractivity contribution in [2.45, 2.75) is 6.92 Å². The molecule has 0 saturated carbocycles. The number of nitrogen functional groups attached to an aromatic ring is 1. The van der Waals surface area contributed by atoms with Crippen LogP contribution in [0.3, 0.4) is 0 Å². The van der Waals surface area contributed by atoms with Gasteiger partial charge in [-0.25, -0.2) is 0 Å². The van der Waals surface area contributed by atoms with Gasteiger partial charge in [0, 0.05) is 19.6 Å². The molecule has 0 radical (unpaired) electrons. The van der Waals surface area contributed by atoms with Crippen LogP contribution in [0.4, 0.5) is 10.7 Å². The average molecular weight is 256 g/mol. The van der Waals surface area contributed by atoms with Gasteiger partial charge >= 0.3 is 0 Å². The summed E-state index contributed by atoms with van der Waals surface area (Å²) < 4.78 is 0. The molecule has 1 amide bonds. The zero-order chi connectivity index (χ0) is 12.8. The van der Waals surface area contributed by atoms with Gasteiger partial charge in [-0.1, -0.05) is 0 Å². The van der Waals surface area contributed by atoms with E-state index in [1.165, 1.54) is 11.3 Å². The van der Waals surface area contributed by atoms with E-state index in [1.807, 2.05) is 27.1 Å². The molecule has 0 atom stereocenters. The first kappa shape index (κ1) is 13.8. The fourth-order valence-electron chi connectivity index (χ4n) is 1.31. The fourth-order valence-corrected chi connectivity index (χ4v) is 2.23. The minimum atomic E-state index is -0.101. The second-order valence-corrected chi connectivity index (χ2v) is 5.04. The van der Waals surface area contributed by atoms with Gasteiger partial charge in [0.15, 0.2) is 0 Å². The summed E-state index contributed by atoms with van der Waals surface area (Å²) in [6.07, 6.45) is 0. The number of carbonyl (C=O) groups excluding carboxylic acids is 1. The number of thiophene rings is 1. The minimum absolute atomic E-state index is 0.101. The Morgan fingerprint density at radius 3 is 2.82 bits per heavy atom. The standard InChI is InChI=1S/C11H20N4OS/c1-4-13-11(16)10-8(12)7-9(17-10)14-5-6-15(2)3/h7,14H,4-6,12H2,1-3H3,(H,13,16). The van der Waals surface area contributed by atoms with E-state index in [9.17, 15) is 4.79 Å². The predicted octanol–water partition coefficient (Wildman–Crippen LogP) is 1.05. The van der Waals surface area contributed by atoms with Gasteiger partial charge < -0.3 is 21.3 Å². The van der Waals surface area contributed by atoms with E-state index >= 15 is 0 Å². The quantitative estimate of drug-likeness (QED) is 0.711. The monoisotopic (exact) mass is 256 g/mol. The number of nitrogens with two attached hydrogens (primary N) is 1. The van der Waals surface area contributed by atoms with Crippen molar-refractivity contribution in [2.75, 3.05) is 44.8 Å². The van der Waals surface area contributed by atoms with Crippen LogP contribution in [-0.2, 0) is 0 Å². The van der Waals surface area contributed by atoms with Crippen LogP contribution in [0.2, 0.25) is 0 Å². The van der Waals surface area contributed by atoms with Crippen LogP contribution in [0.15, 0.2) is 6.07 Å². The van der Waals surface area contributed by atoms with E-state index in [-0.39, 0.29) is 5.91 Å². The maximum atomic E-state index is 11.6. The van der Waals surface area contributed by atoms with Gasteiger partial charge in [-0.2, -0.15) is 0 Å². The van der Waals surface area contributed by atoms with E-state index in [2.05, 4.69) is 15.5 Å². The molecular formula is C11H20N4OS. The Balaban J connectivity index is 2.58. The molecule has 0 aromatic carbocycles. The molecule has 6 heteroatoms. The van der Waals surface area contributed by atoms with Crippen LogP contribution in [-0.4, -0.2) is 44.5 Å². The Morgan fingerprint density at radius 1 is 1.53 bits per heavy atom. The number of likely N-dealkylation sites (N-methyl/N-ethyl adjacent to an activating group) is 1. The molecule has 0 unspecified atom stereocenters. The molecule has 0 aliphatic heterocycles. The maximum Gasteiger partial charge on any atom is 0.263 e. The summed E-state index contributed by atoms with van der Waals surface area (Å²) in [5.41, 5.74) is 6.34. The third kappa shape index (κ3) is 4.24. The first-order chi connectivity index (χ1) is 8.04. The number of carbonyl (C=O) groups is 1. The molecule has 96 valence electrons. The van der Waals surface area contributed by atoms with Gasteiger partial charge in [0.05, 0.1) is 10.7 Å². The molecule has 5 nitrogen and oxygen atoms in total. The van der Waals surface area contributed by atoms with Crippen molar-refractivity contribution in [3.8, 4) is 0 Å². The lowest BCUT2D eigenvalue weighted by Gasteiger charge is -2.09. The molecule has 0 aliphatic carbocycles. The first-order valence-electron chi connectivity index (χ1n) is 5.60. The molecular weight excluding hydrogens is 236 g/mol. The van der Waals surface area contributed by atoms with Crippen molar-refractivity contribution in [1.82, 2.24) is 10.2 Å². The fraction of sp³-hybridized carbons (Fsp3) is 0.545. The number of hydrogen-bond donors (Lipinski definition) is 3. The minimum Gasteiger partial charge on any atom is -0.397 e. The van der Waals surface area contributed by atoms with Crippen molar-refractivity contribution in [2.24, 2.45) is 0 Å². The van der Waals surface area contributed by atoms with Crippen LogP contribution in [0, 0.1) is 0 Å². The summed E-state index contributed by atoms with van der Waals surface area (Å²) in [7, 11) is 4.04. The summed E-state index contributed by atoms with van der Waals surface area (Å²) in [4.78, 5) is 14.3. The summed E-state index contributed by atoms with van der Waals surface area (Å²) >= 11 is 1.39. The molecule has 1 rings (SSSR count). The maximum absolute atomic E-state index is 11.6. The van der Waals surface area contributed by atoms with E-state index in [1.54, 1.807) is 0 Å². The number of rotatable bonds is 6. The molecule has 4 N–H and O–H groups in total. The molecule has 1 aromatic heterocycles. The van der Waals surface area contributed by atoms with Crippen molar-refractivity contribution in [3.63, 3.8) is 0 Å². The van der Waals surface area contributed by atoms with Crippen molar-refractivity contribution < 1.29 is 4.79 Å². The van der Waals surface area contributed by atoms with Crippen LogP contribution < -0.4 is 16.4 Å². The third-order valence-electron chi connectivity index (χ3n) is 2.16. The molecule has 1 aromatic rings. The number of anilines is 2. The lowest BCUT2D eigenvalue weighted by molar-refractivity contribution is 0.0960. The van der Waals surface area contributed by atoms with Gasteiger partial charge in [-0.15, -0.1) is 11.3 Å². The van der Waals surface area contributed by atoms with Gasteiger partial charge in [0.25, 0.3) is 5.91 Å². The van der Waals surface area contributed by atoms with Crippen molar-refractivity contribution >= 4 is 27.9 Å². The molecule has 0 spiro atoms. The van der Waals surface area contributed by atoms with Crippen LogP contribution in [0.5, 0.6) is 0 Å². The highest BCUT2D eigenvalue weighted by molar-refractivity contribution is 7.18. The van der Waals surface area contributed by atoms with Crippen LogP contribution in [0.1, 0.15) is 16.6 Å². The summed E-state index contributed by atoms with van der Waals surface area (Å²) in [5.74, 6) is -0.101. The lowest BCUT2D eigenvalue weighted by Crippen LogP contribution is -2.22. The largest absolute Gasteiger partial charge is 0.397 e. The first-order valence-corrected chi connectivity index (χ1v) is 6.42. The molecule has 0 fully saturated rings. The Kier molecular flexibility index (Phi) is 5.24. The van der Waals surface area contributed by atoms with Gasteiger partial charge in [-0.05, 0) is 27.1 Å². The van der Waals surface area contributed by atoms with Gasteiger partial charge in [0.1, 0.15) is 4.88 Å². The highest BCUT2D eigenvalue weighted by Gasteiger charge is 2.13. The molecule has 17 heavy (non-hydrogen) atoms. The number of nitrogens with one attached hydrogen (secondary N) is 2. The Bertz CT molecular complexity index is 376. The van der Waals surface area contributed by atoms with E-state index in [0.717, 1.165) is 18.1 Å². The second-order valence-electron chi connectivity index (χ2n) is 3.98. The molecule has 0 aliphatic rings. The predicted molar refractivity (Wildman–Crippen MR) is 73.8 cm³/mol. The van der Waals surface area contributed by atoms with E-state index in [4.69, 9.17) is 5.73 Å². The Labute approximate surface area is 106 Å². The number of amides is 1. The zero-order valence-corrected chi connectivity index (χ0v) is 11.4. The molecule has 0 saturated heterocycles. The van der Waals surface area contributed by atoms with Crippen LogP contribution in [0.25, 0.3) is 0 Å². The summed E-state index contributed by atoms with van der Waals surface area (Å²) in [6.45, 7) is 4.27. The second kappa shape index (κ2) is 6.46. The SMILES string of the molecule is CCNC(=O)c1sc(NCCN(C)C)cc1N. The van der Waals surface area contributed by atoms with Gasteiger partial charge in [-0.3, -0.25) is 4.79 Å². The average Bonchev–Trinajstić information content (AvgIpc) is 2.59. The van der Waals surface area contributed by atoms with Crippen molar-refractivity contribution in [1.29, 1.82) is 0 Å². The topological polar surface area (TPSA) is 70.4 Å². The van der Waals surface area contributed by atoms with Crippen molar-refractivity contribution in [3.05, 3.63) is 10.9 Å². The van der Waals surface area contributed by atoms with E-state index < -0.39 is 0 Å². The highest BCUT2D eigenvalue weighted by Crippen LogP contribution is 2.28. The molecule has 0 bridgehead atoms.